The van der Waals surface area contributed by atoms with E-state index in [0.29, 0.717) is 21.5 Å². The summed E-state index contributed by atoms with van der Waals surface area (Å²) in [6, 6.07) is 23.7. The molecule has 0 aliphatic carbocycles. The van der Waals surface area contributed by atoms with Gasteiger partial charge in [0, 0.05) is 29.9 Å². The number of aromatic nitrogens is 1. The second-order valence-electron chi connectivity index (χ2n) is 9.16. The quantitative estimate of drug-likeness (QED) is 0.310. The fourth-order valence-electron chi connectivity index (χ4n) is 4.91. The fraction of sp³-hybridized carbons (Fsp3) is 0.241. The number of nitrogens with one attached hydrogen (secondary N) is 1. The van der Waals surface area contributed by atoms with Gasteiger partial charge in [-0.3, -0.25) is 14.7 Å². The molecule has 1 aromatic heterocycles. The molecule has 1 saturated heterocycles. The molecule has 1 fully saturated rings. The van der Waals surface area contributed by atoms with Gasteiger partial charge in [0.25, 0.3) is 5.91 Å². The Bertz CT molecular complexity index is 1320. The topological polar surface area (TPSA) is 45.2 Å². The van der Waals surface area contributed by atoms with Gasteiger partial charge in [-0.2, -0.15) is 0 Å². The molecule has 3 aromatic carbocycles. The van der Waals surface area contributed by atoms with Crippen LogP contribution in [0.15, 0.2) is 85.2 Å². The molecule has 6 heteroatoms. The van der Waals surface area contributed by atoms with Gasteiger partial charge in [-0.1, -0.05) is 65.7 Å². The third-order valence-corrected chi connectivity index (χ3v) is 7.58. The lowest BCUT2D eigenvalue weighted by atomic mass is 9.85. The van der Waals surface area contributed by atoms with Gasteiger partial charge in [0.15, 0.2) is 0 Å². The Hall–Kier alpha value is -2.92. The summed E-state index contributed by atoms with van der Waals surface area (Å²) in [5, 5.41) is 6.34. The van der Waals surface area contributed by atoms with E-state index in [1.165, 1.54) is 5.56 Å². The molecular formula is C29H27Cl2N3O. The second kappa shape index (κ2) is 10.8. The predicted molar refractivity (Wildman–Crippen MR) is 143 cm³/mol. The van der Waals surface area contributed by atoms with Crippen molar-refractivity contribution in [1.82, 2.24) is 15.2 Å². The van der Waals surface area contributed by atoms with Crippen molar-refractivity contribution in [2.45, 2.75) is 25.4 Å². The number of hydrogen-bond acceptors (Lipinski definition) is 3. The van der Waals surface area contributed by atoms with Crippen molar-refractivity contribution in [3.63, 3.8) is 0 Å². The number of amides is 1. The third-order valence-electron chi connectivity index (χ3n) is 6.84. The zero-order valence-electron chi connectivity index (χ0n) is 19.3. The molecule has 0 bridgehead atoms. The lowest BCUT2D eigenvalue weighted by Crippen LogP contribution is -2.40. The molecule has 35 heavy (non-hydrogen) atoms. The van der Waals surface area contributed by atoms with E-state index in [4.69, 9.17) is 23.2 Å². The lowest BCUT2D eigenvalue weighted by Gasteiger charge is -2.36. The number of benzene rings is 3. The molecule has 5 rings (SSSR count). The van der Waals surface area contributed by atoms with Crippen LogP contribution in [0.25, 0.3) is 10.8 Å². The van der Waals surface area contributed by atoms with Crippen LogP contribution in [-0.2, 0) is 6.54 Å². The van der Waals surface area contributed by atoms with Crippen LogP contribution in [0.1, 0.15) is 40.4 Å². The highest BCUT2D eigenvalue weighted by Gasteiger charge is 2.29. The summed E-state index contributed by atoms with van der Waals surface area (Å²) < 4.78 is 0. The number of nitrogens with zero attached hydrogens (tertiary/aromatic N) is 2. The summed E-state index contributed by atoms with van der Waals surface area (Å²) in [6.45, 7) is 2.91. The van der Waals surface area contributed by atoms with Crippen molar-refractivity contribution < 1.29 is 4.79 Å². The Morgan fingerprint density at radius 3 is 2.51 bits per heavy atom. The average molecular weight is 504 g/mol. The summed E-state index contributed by atoms with van der Waals surface area (Å²) in [6.07, 6.45) is 5.52. The minimum absolute atomic E-state index is 0.0912. The minimum Gasteiger partial charge on any atom is -0.345 e. The molecule has 4 aromatic rings. The van der Waals surface area contributed by atoms with Crippen LogP contribution in [0.4, 0.5) is 0 Å². The summed E-state index contributed by atoms with van der Waals surface area (Å²) >= 11 is 12.6. The predicted octanol–water partition coefficient (Wildman–Crippen LogP) is 6.92. The third kappa shape index (κ3) is 5.67. The van der Waals surface area contributed by atoms with Crippen LogP contribution in [0.5, 0.6) is 0 Å². The smallest absolute Gasteiger partial charge is 0.251 e. The van der Waals surface area contributed by atoms with E-state index in [9.17, 15) is 4.79 Å². The van der Waals surface area contributed by atoms with Crippen LogP contribution < -0.4 is 5.32 Å². The van der Waals surface area contributed by atoms with Crippen molar-refractivity contribution in [1.29, 1.82) is 0 Å². The summed E-state index contributed by atoms with van der Waals surface area (Å²) in [7, 11) is 0. The van der Waals surface area contributed by atoms with E-state index in [1.54, 1.807) is 12.4 Å². The Morgan fingerprint density at radius 1 is 0.943 bits per heavy atom. The maximum absolute atomic E-state index is 13.4. The lowest BCUT2D eigenvalue weighted by molar-refractivity contribution is 0.0891. The fourth-order valence-corrected chi connectivity index (χ4v) is 5.22. The number of likely N-dealkylation sites (tertiary alicyclic amines) is 1. The minimum atomic E-state index is -0.149. The van der Waals surface area contributed by atoms with Crippen molar-refractivity contribution in [3.05, 3.63) is 112 Å². The van der Waals surface area contributed by atoms with Crippen LogP contribution in [-0.4, -0.2) is 28.9 Å². The van der Waals surface area contributed by atoms with Crippen LogP contribution in [0, 0.1) is 5.92 Å². The van der Waals surface area contributed by atoms with Crippen molar-refractivity contribution in [2.24, 2.45) is 5.92 Å². The molecule has 1 aliphatic heterocycles. The zero-order valence-corrected chi connectivity index (χ0v) is 20.8. The highest BCUT2D eigenvalue weighted by molar-refractivity contribution is 6.42. The highest BCUT2D eigenvalue weighted by Crippen LogP contribution is 2.34. The van der Waals surface area contributed by atoms with Crippen LogP contribution in [0.2, 0.25) is 10.0 Å². The number of hydrogen-bond donors (Lipinski definition) is 1. The largest absolute Gasteiger partial charge is 0.345 e. The first-order valence-corrected chi connectivity index (χ1v) is 12.7. The summed E-state index contributed by atoms with van der Waals surface area (Å²) in [5.74, 6) is 0.208. The molecule has 1 N–H and O–H groups in total. The Morgan fingerprint density at radius 2 is 1.74 bits per heavy atom. The first-order valence-electron chi connectivity index (χ1n) is 11.9. The number of fused-ring (bicyclic) bond motifs is 1. The summed E-state index contributed by atoms with van der Waals surface area (Å²) in [4.78, 5) is 20.0. The summed E-state index contributed by atoms with van der Waals surface area (Å²) in [5.41, 5.74) is 2.95. The highest BCUT2D eigenvalue weighted by atomic mass is 35.5. The monoisotopic (exact) mass is 503 g/mol. The Labute approximate surface area is 215 Å². The van der Waals surface area contributed by atoms with Gasteiger partial charge < -0.3 is 5.32 Å². The molecule has 0 spiro atoms. The molecule has 0 radical (unpaired) electrons. The number of rotatable bonds is 6. The van der Waals surface area contributed by atoms with Crippen LogP contribution >= 0.6 is 23.2 Å². The van der Waals surface area contributed by atoms with Gasteiger partial charge in [0.05, 0.1) is 16.1 Å². The number of carbonyl (C=O) groups is 1. The van der Waals surface area contributed by atoms with E-state index in [1.807, 2.05) is 48.5 Å². The molecule has 1 amide bonds. The van der Waals surface area contributed by atoms with Crippen molar-refractivity contribution in [2.75, 3.05) is 13.1 Å². The van der Waals surface area contributed by atoms with E-state index in [0.717, 1.165) is 48.8 Å². The Kier molecular flexibility index (Phi) is 7.33. The molecule has 178 valence electrons. The van der Waals surface area contributed by atoms with Gasteiger partial charge in [-0.25, -0.2) is 0 Å². The number of halogens is 2. The molecular weight excluding hydrogens is 477 g/mol. The first kappa shape index (κ1) is 23.8. The number of carbonyl (C=O) groups excluding carboxylic acids is 1. The van der Waals surface area contributed by atoms with Crippen molar-refractivity contribution in [3.8, 4) is 0 Å². The van der Waals surface area contributed by atoms with E-state index >= 15 is 0 Å². The Balaban J connectivity index is 1.35. The molecule has 2 heterocycles. The number of pyridine rings is 1. The molecule has 4 nitrogen and oxygen atoms in total. The SMILES string of the molecule is O=C(N[C@@H](c1ccc(Cl)c(Cl)c1)C1CCN(Cc2ccccc2)CC1)c1ccc2cnccc2c1. The average Bonchev–Trinajstić information content (AvgIpc) is 2.90. The van der Waals surface area contributed by atoms with Gasteiger partial charge in [0.2, 0.25) is 0 Å². The molecule has 0 saturated carbocycles. The molecule has 1 atom stereocenters. The normalized spacial score (nSPS) is 15.7. The van der Waals surface area contributed by atoms with Gasteiger partial charge in [-0.05, 0) is 78.7 Å². The standard InChI is InChI=1S/C29H27Cl2N3O/c30-26-9-8-23(17-27(26)31)28(21-11-14-34(15-12-21)19-20-4-2-1-3-5-20)33-29(35)24-6-7-25-18-32-13-10-22(25)16-24/h1-10,13,16-18,21,28H,11-12,14-15,19H2,(H,33,35)/t28-/m1/s1. The van der Waals surface area contributed by atoms with Crippen LogP contribution in [0.3, 0.4) is 0 Å². The maximum atomic E-state index is 13.4. The van der Waals surface area contributed by atoms with Crippen molar-refractivity contribution >= 4 is 39.9 Å². The van der Waals surface area contributed by atoms with Gasteiger partial charge >= 0.3 is 0 Å². The molecule has 1 aliphatic rings. The van der Waals surface area contributed by atoms with Gasteiger partial charge in [-0.15, -0.1) is 0 Å². The zero-order chi connectivity index (χ0) is 24.2. The van der Waals surface area contributed by atoms with Gasteiger partial charge in [0.1, 0.15) is 0 Å². The van der Waals surface area contributed by atoms with E-state index in [2.05, 4.69) is 39.5 Å². The van der Waals surface area contributed by atoms with E-state index < -0.39 is 0 Å². The molecule has 0 unspecified atom stereocenters. The van der Waals surface area contributed by atoms with E-state index in [-0.39, 0.29) is 11.9 Å². The maximum Gasteiger partial charge on any atom is 0.251 e. The first-order chi connectivity index (χ1) is 17.1. The number of piperidine rings is 1. The second-order valence-corrected chi connectivity index (χ2v) is 9.98.